The quantitative estimate of drug-likeness (QED) is 0.536. The van der Waals surface area contributed by atoms with Gasteiger partial charge in [0.1, 0.15) is 0 Å². The summed E-state index contributed by atoms with van der Waals surface area (Å²) in [6, 6.07) is 7.15. The molecule has 2 aromatic carbocycles. The summed E-state index contributed by atoms with van der Waals surface area (Å²) < 4.78 is 21.2. The number of nitro benzene ring substituents is 1. The first-order valence-electron chi connectivity index (χ1n) is 8.70. The van der Waals surface area contributed by atoms with Gasteiger partial charge in [0, 0.05) is 29.8 Å². The fourth-order valence-corrected chi connectivity index (χ4v) is 3.42. The number of methoxy groups -OCH3 is 4. The largest absolute Gasteiger partial charge is 0.493 e. The number of rotatable bonds is 7. The molecule has 0 radical (unpaired) electrons. The van der Waals surface area contributed by atoms with Crippen molar-refractivity contribution in [2.24, 2.45) is 4.99 Å². The van der Waals surface area contributed by atoms with E-state index in [2.05, 4.69) is 4.99 Å². The number of ether oxygens (including phenoxy) is 4. The summed E-state index contributed by atoms with van der Waals surface area (Å²) in [4.78, 5) is 15.9. The van der Waals surface area contributed by atoms with Crippen LogP contribution in [0.4, 0.5) is 5.69 Å². The Morgan fingerprint density at radius 2 is 1.68 bits per heavy atom. The average Bonchev–Trinajstić information content (AvgIpc) is 2.72. The third kappa shape index (κ3) is 3.45. The molecule has 0 bridgehead atoms. The summed E-state index contributed by atoms with van der Waals surface area (Å²) >= 11 is 0. The molecule has 1 aliphatic rings. The zero-order valence-corrected chi connectivity index (χ0v) is 16.3. The molecule has 0 aliphatic carbocycles. The number of hydrogen-bond donors (Lipinski definition) is 0. The van der Waals surface area contributed by atoms with E-state index in [0.29, 0.717) is 35.8 Å². The Morgan fingerprint density at radius 1 is 1.00 bits per heavy atom. The highest BCUT2D eigenvalue weighted by Gasteiger charge is 2.27. The van der Waals surface area contributed by atoms with Gasteiger partial charge in [-0.1, -0.05) is 0 Å². The molecule has 0 unspecified atom stereocenters. The van der Waals surface area contributed by atoms with E-state index in [1.54, 1.807) is 26.4 Å². The van der Waals surface area contributed by atoms with E-state index in [9.17, 15) is 10.1 Å². The molecule has 0 aromatic heterocycles. The van der Waals surface area contributed by atoms with Crippen molar-refractivity contribution >= 4 is 11.4 Å². The van der Waals surface area contributed by atoms with Gasteiger partial charge in [0.05, 0.1) is 33.4 Å². The van der Waals surface area contributed by atoms with Crippen LogP contribution in [0.2, 0.25) is 0 Å². The summed E-state index contributed by atoms with van der Waals surface area (Å²) in [5.74, 6) is 1.67. The maximum atomic E-state index is 11.7. The van der Waals surface area contributed by atoms with Crippen LogP contribution in [-0.4, -0.2) is 45.6 Å². The van der Waals surface area contributed by atoms with Gasteiger partial charge in [-0.05, 0) is 36.2 Å². The number of nitro groups is 1. The Hall–Kier alpha value is -3.29. The third-order valence-corrected chi connectivity index (χ3v) is 4.75. The third-order valence-electron chi connectivity index (χ3n) is 4.75. The van der Waals surface area contributed by atoms with Crippen molar-refractivity contribution in [2.45, 2.75) is 12.8 Å². The van der Waals surface area contributed by atoms with Crippen molar-refractivity contribution < 1.29 is 23.9 Å². The van der Waals surface area contributed by atoms with E-state index in [1.807, 2.05) is 12.1 Å². The van der Waals surface area contributed by atoms with Crippen molar-refractivity contribution in [1.29, 1.82) is 0 Å². The molecule has 0 fully saturated rings. The Morgan fingerprint density at radius 3 is 2.29 bits per heavy atom. The molecule has 0 atom stereocenters. The van der Waals surface area contributed by atoms with Crippen molar-refractivity contribution in [3.8, 4) is 23.0 Å². The zero-order chi connectivity index (χ0) is 20.3. The molecular formula is C20H22N2O6. The molecular weight excluding hydrogens is 364 g/mol. The maximum Gasteiger partial charge on any atom is 0.318 e. The highest BCUT2D eigenvalue weighted by atomic mass is 16.6. The second-order valence-electron chi connectivity index (χ2n) is 6.19. The molecule has 8 heteroatoms. The SMILES string of the molecule is COc1cc2c(cc1OC)C(Cc1ccc(OC)c(OC)c1[N+](=O)[O-])=NCC2. The Bertz CT molecular complexity index is 939. The van der Waals surface area contributed by atoms with Gasteiger partial charge in [0.15, 0.2) is 17.2 Å². The molecule has 28 heavy (non-hydrogen) atoms. The second kappa shape index (κ2) is 8.16. The highest BCUT2D eigenvalue weighted by Crippen LogP contribution is 2.40. The predicted molar refractivity (Wildman–Crippen MR) is 105 cm³/mol. The number of aliphatic imine (C=N–C) groups is 1. The molecule has 1 heterocycles. The Kier molecular flexibility index (Phi) is 5.67. The lowest BCUT2D eigenvalue weighted by atomic mass is 9.92. The summed E-state index contributed by atoms with van der Waals surface area (Å²) in [5, 5.41) is 11.7. The Labute approximate surface area is 162 Å². The van der Waals surface area contributed by atoms with Crippen LogP contribution >= 0.6 is 0 Å². The van der Waals surface area contributed by atoms with Crippen molar-refractivity contribution in [3.05, 3.63) is 51.1 Å². The second-order valence-corrected chi connectivity index (χ2v) is 6.19. The van der Waals surface area contributed by atoms with E-state index in [4.69, 9.17) is 18.9 Å². The molecule has 0 N–H and O–H groups in total. The number of hydrogen-bond acceptors (Lipinski definition) is 7. The molecule has 0 saturated carbocycles. The monoisotopic (exact) mass is 386 g/mol. The summed E-state index contributed by atoms with van der Waals surface area (Å²) in [6.45, 7) is 0.610. The number of nitrogens with zero attached hydrogens (tertiary/aromatic N) is 2. The van der Waals surface area contributed by atoms with E-state index in [0.717, 1.165) is 23.3 Å². The van der Waals surface area contributed by atoms with E-state index in [1.165, 1.54) is 14.2 Å². The molecule has 1 aliphatic heterocycles. The summed E-state index contributed by atoms with van der Waals surface area (Å²) in [7, 11) is 6.00. The van der Waals surface area contributed by atoms with Gasteiger partial charge in [0.2, 0.25) is 5.75 Å². The molecule has 8 nitrogen and oxygen atoms in total. The molecule has 3 rings (SSSR count). The molecule has 148 valence electrons. The minimum absolute atomic E-state index is 0.106. The van der Waals surface area contributed by atoms with Crippen LogP contribution in [0.5, 0.6) is 23.0 Å². The minimum atomic E-state index is -0.449. The van der Waals surface area contributed by atoms with Gasteiger partial charge in [-0.2, -0.15) is 0 Å². The van der Waals surface area contributed by atoms with Crippen LogP contribution in [0, 0.1) is 10.1 Å². The molecule has 0 spiro atoms. The van der Waals surface area contributed by atoms with Crippen LogP contribution < -0.4 is 18.9 Å². The fraction of sp³-hybridized carbons (Fsp3) is 0.350. The molecule has 0 saturated heterocycles. The average molecular weight is 386 g/mol. The van der Waals surface area contributed by atoms with Crippen molar-refractivity contribution in [3.63, 3.8) is 0 Å². The zero-order valence-electron chi connectivity index (χ0n) is 16.3. The van der Waals surface area contributed by atoms with Crippen LogP contribution in [0.3, 0.4) is 0 Å². The van der Waals surface area contributed by atoms with Gasteiger partial charge >= 0.3 is 5.69 Å². The molecule has 0 amide bonds. The van der Waals surface area contributed by atoms with Gasteiger partial charge in [-0.15, -0.1) is 0 Å². The van der Waals surface area contributed by atoms with Crippen molar-refractivity contribution in [1.82, 2.24) is 0 Å². The van der Waals surface area contributed by atoms with Crippen LogP contribution in [0.25, 0.3) is 0 Å². The van der Waals surface area contributed by atoms with Gasteiger partial charge < -0.3 is 18.9 Å². The standard InChI is InChI=1S/C20H22N2O6/c1-25-16-6-5-13(19(22(23)24)20(16)28-4)9-15-14-11-18(27-3)17(26-2)10-12(14)7-8-21-15/h5-6,10-11H,7-9H2,1-4H3. The first kappa shape index (κ1) is 19.5. The topological polar surface area (TPSA) is 92.4 Å². The summed E-state index contributed by atoms with van der Waals surface area (Å²) in [6.07, 6.45) is 1.06. The van der Waals surface area contributed by atoms with Gasteiger partial charge in [0.25, 0.3) is 0 Å². The first-order valence-corrected chi connectivity index (χ1v) is 8.70. The van der Waals surface area contributed by atoms with E-state index in [-0.39, 0.29) is 11.4 Å². The minimum Gasteiger partial charge on any atom is -0.493 e. The van der Waals surface area contributed by atoms with Crippen LogP contribution in [0.1, 0.15) is 16.7 Å². The van der Waals surface area contributed by atoms with Gasteiger partial charge in [-0.3, -0.25) is 15.1 Å². The van der Waals surface area contributed by atoms with Crippen molar-refractivity contribution in [2.75, 3.05) is 35.0 Å². The van der Waals surface area contributed by atoms with Gasteiger partial charge in [-0.25, -0.2) is 0 Å². The predicted octanol–water partition coefficient (Wildman–Crippen LogP) is 3.22. The lowest BCUT2D eigenvalue weighted by molar-refractivity contribution is -0.386. The maximum absolute atomic E-state index is 11.7. The highest BCUT2D eigenvalue weighted by molar-refractivity contribution is 6.05. The van der Waals surface area contributed by atoms with Crippen LogP contribution in [-0.2, 0) is 12.8 Å². The lowest BCUT2D eigenvalue weighted by Gasteiger charge is -2.20. The van der Waals surface area contributed by atoms with Crippen LogP contribution in [0.15, 0.2) is 29.3 Å². The lowest BCUT2D eigenvalue weighted by Crippen LogP contribution is -2.16. The van der Waals surface area contributed by atoms with E-state index < -0.39 is 4.92 Å². The smallest absolute Gasteiger partial charge is 0.318 e. The normalized spacial score (nSPS) is 12.6. The first-order chi connectivity index (χ1) is 13.5. The number of fused-ring (bicyclic) bond motifs is 1. The summed E-state index contributed by atoms with van der Waals surface area (Å²) in [5.41, 5.74) is 3.14. The Balaban J connectivity index is 2.07. The molecule has 2 aromatic rings. The number of benzene rings is 2. The van der Waals surface area contributed by atoms with E-state index >= 15 is 0 Å². The fourth-order valence-electron chi connectivity index (χ4n) is 3.42.